The molecule has 0 atom stereocenters. The lowest BCUT2D eigenvalue weighted by atomic mass is 10.4. The van der Waals surface area contributed by atoms with E-state index in [0.29, 0.717) is 0 Å². The Hall–Kier alpha value is -1.78. The van der Waals surface area contributed by atoms with Gasteiger partial charge < -0.3 is 10.2 Å². The molecule has 5 heteroatoms. The third-order valence-corrected chi connectivity index (χ3v) is 1.09. The summed E-state index contributed by atoms with van der Waals surface area (Å²) in [4.78, 5) is 9.45. The highest BCUT2D eigenvalue weighted by atomic mass is 16.6. The first-order valence-electron chi connectivity index (χ1n) is 2.80. The van der Waals surface area contributed by atoms with E-state index in [1.807, 2.05) is 0 Å². The highest BCUT2D eigenvalue weighted by Gasteiger charge is 2.11. The molecule has 58 valence electrons. The minimum Gasteiger partial charge on any atom is -0.399 e. The number of nitrogens with two attached hydrogens (primary N) is 1. The fourth-order valence-corrected chi connectivity index (χ4v) is 0.598. The monoisotopic (exact) mass is 154 g/mol. The van der Waals surface area contributed by atoms with E-state index in [-0.39, 0.29) is 17.3 Å². The van der Waals surface area contributed by atoms with Crippen molar-refractivity contribution in [2.24, 2.45) is 5.73 Å². The van der Waals surface area contributed by atoms with Crippen LogP contribution in [0.4, 0.5) is 5.88 Å². The van der Waals surface area contributed by atoms with Crippen LogP contribution in [0.3, 0.4) is 0 Å². The van der Waals surface area contributed by atoms with Gasteiger partial charge in [-0.1, -0.05) is 6.58 Å². The third kappa shape index (κ3) is 1.37. The first-order chi connectivity index (χ1) is 5.11. The van der Waals surface area contributed by atoms with Gasteiger partial charge in [0.25, 0.3) is 0 Å². The standard InChI is InChI=1S/C6H6N2O3/c1-4(7)5-2-3-6(11-5)8(9)10/h2-3H,1,7H2. The molecule has 0 fully saturated rings. The van der Waals surface area contributed by atoms with Crippen molar-refractivity contribution < 1.29 is 9.34 Å². The lowest BCUT2D eigenvalue weighted by molar-refractivity contribution is -0.402. The average molecular weight is 154 g/mol. The van der Waals surface area contributed by atoms with Crippen molar-refractivity contribution in [3.8, 4) is 0 Å². The molecule has 1 aromatic rings. The highest BCUT2D eigenvalue weighted by molar-refractivity contribution is 5.55. The minimum atomic E-state index is -0.632. The summed E-state index contributed by atoms with van der Waals surface area (Å²) in [6.45, 7) is 3.36. The second-order valence-corrected chi connectivity index (χ2v) is 1.92. The Morgan fingerprint density at radius 2 is 2.36 bits per heavy atom. The molecular weight excluding hydrogens is 148 g/mol. The van der Waals surface area contributed by atoms with E-state index in [4.69, 9.17) is 5.73 Å². The van der Waals surface area contributed by atoms with Gasteiger partial charge in [-0.2, -0.15) is 0 Å². The first-order valence-corrected chi connectivity index (χ1v) is 2.80. The lowest BCUT2D eigenvalue weighted by Gasteiger charge is -1.88. The number of nitro groups is 1. The number of hydrogen-bond acceptors (Lipinski definition) is 4. The van der Waals surface area contributed by atoms with Gasteiger partial charge in [0, 0.05) is 0 Å². The summed E-state index contributed by atoms with van der Waals surface area (Å²) in [5, 5.41) is 10.1. The highest BCUT2D eigenvalue weighted by Crippen LogP contribution is 2.18. The van der Waals surface area contributed by atoms with Crippen molar-refractivity contribution in [1.29, 1.82) is 0 Å². The maximum atomic E-state index is 10.1. The largest absolute Gasteiger partial charge is 0.433 e. The average Bonchev–Trinajstić information content (AvgIpc) is 2.33. The summed E-state index contributed by atoms with van der Waals surface area (Å²) in [6.07, 6.45) is 0. The zero-order chi connectivity index (χ0) is 8.43. The van der Waals surface area contributed by atoms with Gasteiger partial charge in [-0.3, -0.25) is 10.1 Å². The van der Waals surface area contributed by atoms with Crippen LogP contribution >= 0.6 is 0 Å². The zero-order valence-electron chi connectivity index (χ0n) is 5.61. The first kappa shape index (κ1) is 7.33. The number of furan rings is 1. The van der Waals surface area contributed by atoms with E-state index in [2.05, 4.69) is 11.0 Å². The molecule has 11 heavy (non-hydrogen) atoms. The molecule has 1 rings (SSSR count). The molecule has 0 aliphatic carbocycles. The summed E-state index contributed by atoms with van der Waals surface area (Å²) >= 11 is 0. The van der Waals surface area contributed by atoms with Gasteiger partial charge in [0.1, 0.15) is 4.92 Å². The SMILES string of the molecule is C=C(N)c1ccc([N+](=O)[O-])o1. The molecule has 0 aliphatic rings. The zero-order valence-corrected chi connectivity index (χ0v) is 5.61. The molecular formula is C6H6N2O3. The van der Waals surface area contributed by atoms with Crippen molar-refractivity contribution >= 4 is 11.6 Å². The Balaban J connectivity index is 2.99. The Morgan fingerprint density at radius 1 is 1.73 bits per heavy atom. The Bertz CT molecular complexity index is 274. The number of hydrogen-bond donors (Lipinski definition) is 1. The van der Waals surface area contributed by atoms with Crippen LogP contribution in [0.15, 0.2) is 23.1 Å². The molecule has 0 saturated heterocycles. The van der Waals surface area contributed by atoms with E-state index < -0.39 is 4.92 Å². The topological polar surface area (TPSA) is 82.3 Å². The van der Waals surface area contributed by atoms with Crippen molar-refractivity contribution in [2.45, 2.75) is 0 Å². The minimum absolute atomic E-state index is 0.179. The Kier molecular flexibility index (Phi) is 1.63. The maximum absolute atomic E-state index is 10.1. The molecule has 0 radical (unpaired) electrons. The van der Waals surface area contributed by atoms with E-state index in [0.717, 1.165) is 0 Å². The van der Waals surface area contributed by atoms with Crippen LogP contribution in [0.5, 0.6) is 0 Å². The van der Waals surface area contributed by atoms with Gasteiger partial charge in [-0.15, -0.1) is 0 Å². The third-order valence-electron chi connectivity index (χ3n) is 1.09. The van der Waals surface area contributed by atoms with Crippen LogP contribution < -0.4 is 5.73 Å². The van der Waals surface area contributed by atoms with E-state index in [9.17, 15) is 10.1 Å². The quantitative estimate of drug-likeness (QED) is 0.511. The lowest BCUT2D eigenvalue weighted by Crippen LogP contribution is -1.90. The fourth-order valence-electron chi connectivity index (χ4n) is 0.598. The van der Waals surface area contributed by atoms with Crippen molar-refractivity contribution in [2.75, 3.05) is 0 Å². The number of rotatable bonds is 2. The van der Waals surface area contributed by atoms with Gasteiger partial charge >= 0.3 is 5.88 Å². The van der Waals surface area contributed by atoms with Gasteiger partial charge in [0.05, 0.1) is 11.8 Å². The molecule has 0 aliphatic heterocycles. The summed E-state index contributed by atoms with van der Waals surface area (Å²) in [5.41, 5.74) is 5.40. The summed E-state index contributed by atoms with van der Waals surface area (Å²) in [6, 6.07) is 2.63. The predicted molar refractivity (Wildman–Crippen MR) is 38.6 cm³/mol. The van der Waals surface area contributed by atoms with Gasteiger partial charge in [-0.25, -0.2) is 0 Å². The Morgan fingerprint density at radius 3 is 2.64 bits per heavy atom. The van der Waals surface area contributed by atoms with E-state index >= 15 is 0 Å². The van der Waals surface area contributed by atoms with Crippen LogP contribution in [-0.2, 0) is 0 Å². The van der Waals surface area contributed by atoms with Gasteiger partial charge in [-0.05, 0) is 6.07 Å². The summed E-state index contributed by atoms with van der Waals surface area (Å²) in [5.74, 6) is -0.0942. The van der Waals surface area contributed by atoms with Crippen LogP contribution in [-0.4, -0.2) is 4.92 Å². The van der Waals surface area contributed by atoms with E-state index in [1.54, 1.807) is 0 Å². The molecule has 0 unspecified atom stereocenters. The normalized spacial score (nSPS) is 9.45. The van der Waals surface area contributed by atoms with Crippen LogP contribution in [0.2, 0.25) is 0 Å². The van der Waals surface area contributed by atoms with E-state index in [1.165, 1.54) is 12.1 Å². The smallest absolute Gasteiger partial charge is 0.399 e. The van der Waals surface area contributed by atoms with Crippen LogP contribution in [0, 0.1) is 10.1 Å². The second kappa shape index (κ2) is 2.45. The van der Waals surface area contributed by atoms with Gasteiger partial charge in [0.15, 0.2) is 5.76 Å². The summed E-state index contributed by atoms with van der Waals surface area (Å²) < 4.78 is 4.68. The molecule has 1 aromatic heterocycles. The molecule has 0 bridgehead atoms. The number of nitrogens with zero attached hydrogens (tertiary/aromatic N) is 1. The molecule has 2 N–H and O–H groups in total. The molecule has 0 spiro atoms. The van der Waals surface area contributed by atoms with Crippen LogP contribution in [0.1, 0.15) is 5.76 Å². The van der Waals surface area contributed by atoms with Crippen molar-refractivity contribution in [3.63, 3.8) is 0 Å². The molecule has 0 saturated carbocycles. The summed E-state index contributed by atoms with van der Waals surface area (Å²) in [7, 11) is 0. The predicted octanol–water partition coefficient (Wildman–Crippen LogP) is 1.12. The molecule has 5 nitrogen and oxygen atoms in total. The fraction of sp³-hybridized carbons (Fsp3) is 0. The Labute approximate surface area is 62.3 Å². The molecule has 0 aromatic carbocycles. The molecule has 1 heterocycles. The second-order valence-electron chi connectivity index (χ2n) is 1.92. The maximum Gasteiger partial charge on any atom is 0.433 e. The van der Waals surface area contributed by atoms with Crippen molar-refractivity contribution in [1.82, 2.24) is 0 Å². The van der Waals surface area contributed by atoms with Crippen LogP contribution in [0.25, 0.3) is 5.70 Å². The van der Waals surface area contributed by atoms with Crippen molar-refractivity contribution in [3.05, 3.63) is 34.6 Å². The van der Waals surface area contributed by atoms with Gasteiger partial charge in [0.2, 0.25) is 0 Å². The molecule has 0 amide bonds.